The first-order chi connectivity index (χ1) is 14.5. The van der Waals surface area contributed by atoms with Crippen LogP contribution in [-0.2, 0) is 31.4 Å². The summed E-state index contributed by atoms with van der Waals surface area (Å²) in [5.41, 5.74) is 0.377. The van der Waals surface area contributed by atoms with Crippen molar-refractivity contribution in [2.24, 2.45) is 13.0 Å². The number of hydrogen-bond acceptors (Lipinski definition) is 5. The quantitative estimate of drug-likeness (QED) is 0.749. The lowest BCUT2D eigenvalue weighted by Crippen LogP contribution is -2.43. The molecule has 1 saturated heterocycles. The number of rotatable bonds is 5. The number of likely N-dealkylation sites (tertiary alicyclic amines) is 1. The summed E-state index contributed by atoms with van der Waals surface area (Å²) < 4.78 is 4.64. The maximum absolute atomic E-state index is 12.7. The summed E-state index contributed by atoms with van der Waals surface area (Å²) in [6, 6.07) is 0. The molecule has 1 fully saturated rings. The van der Waals surface area contributed by atoms with Crippen molar-refractivity contribution in [3.05, 3.63) is 34.3 Å². The smallest absolute Gasteiger partial charge is 0.346 e. The summed E-state index contributed by atoms with van der Waals surface area (Å²) in [6.07, 6.45) is 8.82. The number of aryl methyl sites for hydroxylation is 2. The Balaban J connectivity index is 1.25. The molecule has 4 rings (SSSR count). The standard InChI is InChI=1S/C20H29N7O3/c1-24-13-16(12-22-24)19(29)21-11-15-6-9-25(10-7-15)18(28)14-27-20(30)26-8-4-2-3-5-17(26)23-27/h12-13,15H,2-11,14H2,1H3,(H,21,29). The molecule has 0 aromatic carbocycles. The van der Waals surface area contributed by atoms with E-state index in [1.54, 1.807) is 33.6 Å². The van der Waals surface area contributed by atoms with Crippen LogP contribution in [0.25, 0.3) is 0 Å². The van der Waals surface area contributed by atoms with Gasteiger partial charge in [-0.3, -0.25) is 18.8 Å². The molecule has 2 aromatic heterocycles. The molecule has 2 aliphatic rings. The van der Waals surface area contributed by atoms with Crippen molar-refractivity contribution in [2.75, 3.05) is 19.6 Å². The fraction of sp³-hybridized carbons (Fsp3) is 0.650. The van der Waals surface area contributed by atoms with E-state index in [0.29, 0.717) is 37.7 Å². The van der Waals surface area contributed by atoms with Gasteiger partial charge >= 0.3 is 5.69 Å². The molecule has 0 unspecified atom stereocenters. The SMILES string of the molecule is Cn1cc(C(=O)NCC2CCN(C(=O)Cn3nc4n(c3=O)CCCCC4)CC2)cn1. The van der Waals surface area contributed by atoms with Gasteiger partial charge in [-0.15, -0.1) is 0 Å². The molecule has 0 radical (unpaired) electrons. The Labute approximate surface area is 174 Å². The molecule has 0 spiro atoms. The lowest BCUT2D eigenvalue weighted by molar-refractivity contribution is -0.133. The molecular weight excluding hydrogens is 386 g/mol. The second-order valence-electron chi connectivity index (χ2n) is 8.26. The maximum atomic E-state index is 12.7. The molecule has 1 N–H and O–H groups in total. The summed E-state index contributed by atoms with van der Waals surface area (Å²) in [5, 5.41) is 11.4. The third-order valence-corrected chi connectivity index (χ3v) is 6.05. The number of aromatic nitrogens is 5. The molecule has 0 bridgehead atoms. The normalized spacial score (nSPS) is 17.4. The van der Waals surface area contributed by atoms with E-state index < -0.39 is 0 Å². The molecule has 0 atom stereocenters. The first-order valence-electron chi connectivity index (χ1n) is 10.7. The van der Waals surface area contributed by atoms with E-state index in [-0.39, 0.29) is 24.0 Å². The number of nitrogens with one attached hydrogen (secondary N) is 1. The Hall–Kier alpha value is -2.91. The summed E-state index contributed by atoms with van der Waals surface area (Å²) in [7, 11) is 1.78. The third-order valence-electron chi connectivity index (χ3n) is 6.05. The van der Waals surface area contributed by atoms with Crippen molar-refractivity contribution in [1.82, 2.24) is 34.3 Å². The molecule has 30 heavy (non-hydrogen) atoms. The zero-order valence-electron chi connectivity index (χ0n) is 17.4. The molecule has 0 aliphatic carbocycles. The van der Waals surface area contributed by atoms with Crippen LogP contribution in [0.4, 0.5) is 0 Å². The molecule has 0 saturated carbocycles. The number of carbonyl (C=O) groups excluding carboxylic acids is 2. The highest BCUT2D eigenvalue weighted by Crippen LogP contribution is 2.17. The Morgan fingerprint density at radius 3 is 2.70 bits per heavy atom. The van der Waals surface area contributed by atoms with Crippen LogP contribution in [0.5, 0.6) is 0 Å². The van der Waals surface area contributed by atoms with Gasteiger partial charge in [0.15, 0.2) is 0 Å². The highest BCUT2D eigenvalue weighted by Gasteiger charge is 2.25. The van der Waals surface area contributed by atoms with E-state index in [0.717, 1.165) is 44.3 Å². The predicted octanol–water partition coefficient (Wildman–Crippen LogP) is 0.173. The zero-order chi connectivity index (χ0) is 21.1. The minimum Gasteiger partial charge on any atom is -0.352 e. The van der Waals surface area contributed by atoms with Gasteiger partial charge in [0.05, 0.1) is 11.8 Å². The first kappa shape index (κ1) is 20.4. The second-order valence-corrected chi connectivity index (χ2v) is 8.26. The number of hydrogen-bond donors (Lipinski definition) is 1. The largest absolute Gasteiger partial charge is 0.352 e. The molecule has 2 amide bonds. The lowest BCUT2D eigenvalue weighted by atomic mass is 9.96. The molecule has 162 valence electrons. The van der Waals surface area contributed by atoms with Crippen molar-refractivity contribution in [3.8, 4) is 0 Å². The van der Waals surface area contributed by atoms with E-state index in [9.17, 15) is 14.4 Å². The minimum atomic E-state index is -0.173. The molecular formula is C20H29N7O3. The number of amides is 2. The zero-order valence-corrected chi connectivity index (χ0v) is 17.4. The van der Waals surface area contributed by atoms with Crippen LogP contribution in [0, 0.1) is 5.92 Å². The molecule has 10 nitrogen and oxygen atoms in total. The van der Waals surface area contributed by atoms with Gasteiger partial charge in [0, 0.05) is 45.8 Å². The van der Waals surface area contributed by atoms with Gasteiger partial charge in [0.25, 0.3) is 5.91 Å². The Morgan fingerprint density at radius 2 is 1.97 bits per heavy atom. The van der Waals surface area contributed by atoms with Crippen LogP contribution in [0.2, 0.25) is 0 Å². The van der Waals surface area contributed by atoms with Gasteiger partial charge in [0.2, 0.25) is 5.91 Å². The Kier molecular flexibility index (Phi) is 6.01. The van der Waals surface area contributed by atoms with Gasteiger partial charge in [-0.1, -0.05) is 6.42 Å². The van der Waals surface area contributed by atoms with E-state index in [1.807, 2.05) is 0 Å². The van der Waals surface area contributed by atoms with E-state index >= 15 is 0 Å². The highest BCUT2D eigenvalue weighted by molar-refractivity contribution is 5.93. The molecule has 10 heteroatoms. The van der Waals surface area contributed by atoms with Gasteiger partial charge in [0.1, 0.15) is 12.4 Å². The summed E-state index contributed by atoms with van der Waals surface area (Å²) in [5.74, 6) is 0.943. The van der Waals surface area contributed by atoms with E-state index in [2.05, 4.69) is 15.5 Å². The van der Waals surface area contributed by atoms with Gasteiger partial charge in [-0.25, -0.2) is 9.48 Å². The van der Waals surface area contributed by atoms with Crippen LogP contribution < -0.4 is 11.0 Å². The monoisotopic (exact) mass is 415 g/mol. The van der Waals surface area contributed by atoms with Crippen LogP contribution >= 0.6 is 0 Å². The van der Waals surface area contributed by atoms with Crippen molar-refractivity contribution < 1.29 is 9.59 Å². The molecule has 2 aliphatic heterocycles. The fourth-order valence-corrected chi connectivity index (χ4v) is 4.22. The van der Waals surface area contributed by atoms with E-state index in [4.69, 9.17) is 0 Å². The minimum absolute atomic E-state index is 0.00123. The number of piperidine rings is 1. The summed E-state index contributed by atoms with van der Waals surface area (Å²) >= 11 is 0. The van der Waals surface area contributed by atoms with Crippen LogP contribution in [-0.4, -0.2) is 60.5 Å². The maximum Gasteiger partial charge on any atom is 0.346 e. The van der Waals surface area contributed by atoms with Crippen molar-refractivity contribution in [3.63, 3.8) is 0 Å². The third kappa shape index (κ3) is 4.47. The number of carbonyl (C=O) groups is 2. The average molecular weight is 415 g/mol. The van der Waals surface area contributed by atoms with Gasteiger partial charge in [-0.05, 0) is 31.6 Å². The van der Waals surface area contributed by atoms with Crippen LogP contribution in [0.15, 0.2) is 17.2 Å². The van der Waals surface area contributed by atoms with Crippen LogP contribution in [0.1, 0.15) is 48.3 Å². The van der Waals surface area contributed by atoms with Crippen LogP contribution in [0.3, 0.4) is 0 Å². The fourth-order valence-electron chi connectivity index (χ4n) is 4.22. The molecule has 4 heterocycles. The summed E-state index contributed by atoms with van der Waals surface area (Å²) in [4.78, 5) is 39.2. The number of fused-ring (bicyclic) bond motifs is 1. The highest BCUT2D eigenvalue weighted by atomic mass is 16.2. The average Bonchev–Trinajstić information content (AvgIpc) is 3.21. The van der Waals surface area contributed by atoms with Crippen molar-refractivity contribution >= 4 is 11.8 Å². The predicted molar refractivity (Wildman–Crippen MR) is 109 cm³/mol. The molecule has 2 aromatic rings. The number of nitrogens with zero attached hydrogens (tertiary/aromatic N) is 6. The van der Waals surface area contributed by atoms with Crippen molar-refractivity contribution in [1.29, 1.82) is 0 Å². The lowest BCUT2D eigenvalue weighted by Gasteiger charge is -2.32. The van der Waals surface area contributed by atoms with E-state index in [1.165, 1.54) is 4.68 Å². The summed E-state index contributed by atoms with van der Waals surface area (Å²) in [6.45, 7) is 2.55. The van der Waals surface area contributed by atoms with Crippen molar-refractivity contribution in [2.45, 2.75) is 51.6 Å². The topological polar surface area (TPSA) is 107 Å². The first-order valence-corrected chi connectivity index (χ1v) is 10.7. The Bertz CT molecular complexity index is 965. The van der Waals surface area contributed by atoms with Gasteiger partial charge < -0.3 is 10.2 Å². The second kappa shape index (κ2) is 8.85. The Morgan fingerprint density at radius 1 is 1.17 bits per heavy atom. The van der Waals surface area contributed by atoms with Gasteiger partial charge in [-0.2, -0.15) is 10.2 Å².